The van der Waals surface area contributed by atoms with Crippen molar-refractivity contribution in [1.29, 1.82) is 0 Å². The van der Waals surface area contributed by atoms with Gasteiger partial charge in [0.25, 0.3) is 0 Å². The van der Waals surface area contributed by atoms with Crippen LogP contribution in [-0.4, -0.2) is 40.5 Å². The minimum Gasteiger partial charge on any atom is -0.348 e. The minimum atomic E-state index is 0.147. The molecule has 0 saturated carbocycles. The first-order valence-electron chi connectivity index (χ1n) is 7.95. The molecule has 1 N–H and O–H groups in total. The number of nitrogens with one attached hydrogen (secondary N) is 1. The van der Waals surface area contributed by atoms with Crippen molar-refractivity contribution in [1.82, 2.24) is 14.9 Å². The fraction of sp³-hybridized carbons (Fsp3) is 0.412. The number of nitrogens with zero attached hydrogens (tertiary/aromatic N) is 3. The first-order chi connectivity index (χ1) is 10.8. The molecule has 1 aromatic heterocycles. The van der Waals surface area contributed by atoms with Crippen LogP contribution in [0.15, 0.2) is 36.8 Å². The highest BCUT2D eigenvalue weighted by molar-refractivity contribution is 5.93. The molecule has 114 valence electrons. The van der Waals surface area contributed by atoms with Crippen molar-refractivity contribution < 1.29 is 4.79 Å². The van der Waals surface area contributed by atoms with E-state index in [1.165, 1.54) is 5.56 Å². The van der Waals surface area contributed by atoms with Crippen LogP contribution in [-0.2, 0) is 6.42 Å². The number of carbonyl (C=O) groups is 1. The van der Waals surface area contributed by atoms with Gasteiger partial charge in [-0.1, -0.05) is 18.2 Å². The Morgan fingerprint density at radius 2 is 2.18 bits per heavy atom. The normalized spacial score (nSPS) is 21.0. The Labute approximate surface area is 130 Å². The molecule has 1 fully saturated rings. The van der Waals surface area contributed by atoms with E-state index in [2.05, 4.69) is 28.2 Å². The number of H-pyrrole nitrogens is 1. The third-order valence-corrected chi connectivity index (χ3v) is 4.76. The van der Waals surface area contributed by atoms with E-state index in [1.807, 2.05) is 22.1 Å². The lowest BCUT2D eigenvalue weighted by atomic mass is 10.0. The number of urea groups is 1. The van der Waals surface area contributed by atoms with Gasteiger partial charge in [-0.25, -0.2) is 9.78 Å². The summed E-state index contributed by atoms with van der Waals surface area (Å²) in [5, 5.41) is 0. The molecular formula is C17H20N4O. The van der Waals surface area contributed by atoms with Gasteiger partial charge in [0.2, 0.25) is 0 Å². The van der Waals surface area contributed by atoms with Crippen LogP contribution in [0.5, 0.6) is 0 Å². The highest BCUT2D eigenvalue weighted by atomic mass is 16.2. The second kappa shape index (κ2) is 5.48. The molecule has 5 nitrogen and oxygen atoms in total. The summed E-state index contributed by atoms with van der Waals surface area (Å²) in [5.74, 6) is 0.381. The van der Waals surface area contributed by atoms with Crippen LogP contribution in [0.4, 0.5) is 10.5 Å². The lowest BCUT2D eigenvalue weighted by Crippen LogP contribution is -2.44. The second-order valence-electron chi connectivity index (χ2n) is 6.11. The Hall–Kier alpha value is -2.30. The van der Waals surface area contributed by atoms with E-state index in [4.69, 9.17) is 0 Å². The molecule has 5 heteroatoms. The zero-order valence-electron chi connectivity index (χ0n) is 12.5. The van der Waals surface area contributed by atoms with E-state index < -0.39 is 0 Å². The smallest absolute Gasteiger partial charge is 0.324 e. The van der Waals surface area contributed by atoms with Crippen molar-refractivity contribution in [2.24, 2.45) is 0 Å². The molecule has 2 aliphatic heterocycles. The molecule has 0 bridgehead atoms. The molecule has 0 radical (unpaired) electrons. The SMILES string of the molecule is O=C(N1CCC(c2cnc[nH]2)C1)N1CCCc2ccccc21. The first kappa shape index (κ1) is 13.4. The number of hydrogen-bond acceptors (Lipinski definition) is 2. The number of carbonyl (C=O) groups excluding carboxylic acids is 1. The highest BCUT2D eigenvalue weighted by Crippen LogP contribution is 2.31. The van der Waals surface area contributed by atoms with E-state index in [-0.39, 0.29) is 6.03 Å². The van der Waals surface area contributed by atoms with E-state index >= 15 is 0 Å². The molecule has 1 unspecified atom stereocenters. The van der Waals surface area contributed by atoms with Gasteiger partial charge in [0.05, 0.1) is 6.33 Å². The monoisotopic (exact) mass is 296 g/mol. The van der Waals surface area contributed by atoms with E-state index in [1.54, 1.807) is 6.33 Å². The predicted octanol–water partition coefficient (Wildman–Crippen LogP) is 2.77. The summed E-state index contributed by atoms with van der Waals surface area (Å²) >= 11 is 0. The van der Waals surface area contributed by atoms with Crippen LogP contribution >= 0.6 is 0 Å². The Morgan fingerprint density at radius 1 is 1.27 bits per heavy atom. The Balaban J connectivity index is 1.51. The summed E-state index contributed by atoms with van der Waals surface area (Å²) < 4.78 is 0. The quantitative estimate of drug-likeness (QED) is 0.879. The van der Waals surface area contributed by atoms with Crippen LogP contribution in [0.3, 0.4) is 0 Å². The standard InChI is InChI=1S/C17H20N4O/c22-17(20-9-7-14(11-20)15-10-18-12-19-15)21-8-3-5-13-4-1-2-6-16(13)21/h1-2,4,6,10,12,14H,3,5,7-9,11H2,(H,18,19). The number of amides is 2. The fourth-order valence-electron chi connectivity index (χ4n) is 3.58. The maximum atomic E-state index is 12.9. The van der Waals surface area contributed by atoms with Crippen molar-refractivity contribution in [2.75, 3.05) is 24.5 Å². The van der Waals surface area contributed by atoms with Crippen LogP contribution < -0.4 is 4.90 Å². The number of fused-ring (bicyclic) bond motifs is 1. The lowest BCUT2D eigenvalue weighted by Gasteiger charge is -2.32. The number of imidazole rings is 1. The Morgan fingerprint density at radius 3 is 3.05 bits per heavy atom. The number of aromatic amines is 1. The van der Waals surface area contributed by atoms with Gasteiger partial charge in [-0.2, -0.15) is 0 Å². The average molecular weight is 296 g/mol. The highest BCUT2D eigenvalue weighted by Gasteiger charge is 2.32. The molecule has 0 aliphatic carbocycles. The largest absolute Gasteiger partial charge is 0.348 e. The molecule has 2 amide bonds. The number of rotatable bonds is 1. The van der Waals surface area contributed by atoms with Crippen molar-refractivity contribution in [2.45, 2.75) is 25.2 Å². The summed E-state index contributed by atoms with van der Waals surface area (Å²) in [7, 11) is 0. The molecule has 22 heavy (non-hydrogen) atoms. The molecule has 0 spiro atoms. The zero-order chi connectivity index (χ0) is 14.9. The molecule has 1 aromatic carbocycles. The number of para-hydroxylation sites is 1. The van der Waals surface area contributed by atoms with Crippen LogP contribution in [0, 0.1) is 0 Å². The molecule has 2 aromatic rings. The number of anilines is 1. The zero-order valence-corrected chi connectivity index (χ0v) is 12.5. The molecule has 3 heterocycles. The van der Waals surface area contributed by atoms with Gasteiger partial charge in [0.15, 0.2) is 0 Å². The van der Waals surface area contributed by atoms with Gasteiger partial charge in [-0.15, -0.1) is 0 Å². The lowest BCUT2D eigenvalue weighted by molar-refractivity contribution is 0.214. The number of benzene rings is 1. The van der Waals surface area contributed by atoms with Crippen LogP contribution in [0.1, 0.15) is 30.0 Å². The summed E-state index contributed by atoms with van der Waals surface area (Å²) in [6.45, 7) is 2.42. The van der Waals surface area contributed by atoms with Gasteiger partial charge < -0.3 is 9.88 Å². The third-order valence-electron chi connectivity index (χ3n) is 4.76. The van der Waals surface area contributed by atoms with Crippen molar-refractivity contribution >= 4 is 11.7 Å². The number of hydrogen-bond donors (Lipinski definition) is 1. The van der Waals surface area contributed by atoms with Crippen molar-refractivity contribution in [3.05, 3.63) is 48.0 Å². The van der Waals surface area contributed by atoms with E-state index in [9.17, 15) is 4.79 Å². The second-order valence-corrected chi connectivity index (χ2v) is 6.11. The number of aryl methyl sites for hydroxylation is 1. The maximum Gasteiger partial charge on any atom is 0.324 e. The van der Waals surface area contributed by atoms with Gasteiger partial charge in [-0.05, 0) is 30.9 Å². The Bertz CT molecular complexity index is 667. The fourth-order valence-corrected chi connectivity index (χ4v) is 3.58. The van der Waals surface area contributed by atoms with Crippen LogP contribution in [0.25, 0.3) is 0 Å². The van der Waals surface area contributed by atoms with Crippen molar-refractivity contribution in [3.63, 3.8) is 0 Å². The van der Waals surface area contributed by atoms with Crippen molar-refractivity contribution in [3.8, 4) is 0 Å². The average Bonchev–Trinajstić information content (AvgIpc) is 3.24. The third kappa shape index (κ3) is 2.26. The summed E-state index contributed by atoms with van der Waals surface area (Å²) in [6.07, 6.45) is 6.69. The number of aromatic nitrogens is 2. The molecule has 4 rings (SSSR count). The Kier molecular flexibility index (Phi) is 3.33. The molecule has 1 atom stereocenters. The summed E-state index contributed by atoms with van der Waals surface area (Å²) in [6, 6.07) is 8.41. The molecule has 2 aliphatic rings. The van der Waals surface area contributed by atoms with Gasteiger partial charge in [0, 0.05) is 43.1 Å². The van der Waals surface area contributed by atoms with Gasteiger partial charge in [-0.3, -0.25) is 4.90 Å². The first-order valence-corrected chi connectivity index (χ1v) is 7.95. The predicted molar refractivity (Wildman–Crippen MR) is 85.0 cm³/mol. The van der Waals surface area contributed by atoms with E-state index in [0.29, 0.717) is 5.92 Å². The molecule has 1 saturated heterocycles. The molecular weight excluding hydrogens is 276 g/mol. The topological polar surface area (TPSA) is 52.2 Å². The van der Waals surface area contributed by atoms with Gasteiger partial charge in [0.1, 0.15) is 0 Å². The maximum absolute atomic E-state index is 12.9. The summed E-state index contributed by atoms with van der Waals surface area (Å²) in [4.78, 5) is 24.1. The van der Waals surface area contributed by atoms with Gasteiger partial charge >= 0.3 is 6.03 Å². The summed E-state index contributed by atoms with van der Waals surface area (Å²) in [5.41, 5.74) is 3.50. The van der Waals surface area contributed by atoms with E-state index in [0.717, 1.165) is 50.3 Å². The van der Waals surface area contributed by atoms with Crippen LogP contribution in [0.2, 0.25) is 0 Å². The number of likely N-dealkylation sites (tertiary alicyclic amines) is 1. The minimum absolute atomic E-state index is 0.147.